The van der Waals surface area contributed by atoms with Gasteiger partial charge in [0.25, 0.3) is 0 Å². The van der Waals surface area contributed by atoms with Crippen LogP contribution in [0, 0.1) is 5.92 Å². The number of carboxylic acids is 1. The van der Waals surface area contributed by atoms with E-state index in [2.05, 4.69) is 42.5 Å². The van der Waals surface area contributed by atoms with E-state index in [-0.39, 0.29) is 44.1 Å². The molecule has 2 aromatic carbocycles. The van der Waals surface area contributed by atoms with Gasteiger partial charge in [-0.1, -0.05) is 117 Å². The molecule has 0 saturated carbocycles. The zero-order chi connectivity index (χ0) is 49.0. The SMILES string of the molecule is CC(C)C[C@H](NC(=O)[C@@H](NC(=O)CCCCCCCC(CCCCCCC=O)N[C@@H](CC(N)=O)C(=O)N[C@@H](Cc1ccc(Br)cc1)C(=O)O)[C@H](C)O)C(=O)N[C@@H](Cc1ccccc1)C(N)=O. The minimum Gasteiger partial charge on any atom is -0.480 e. The van der Waals surface area contributed by atoms with Crippen LogP contribution in [0.1, 0.15) is 128 Å². The van der Waals surface area contributed by atoms with Crippen molar-refractivity contribution in [3.8, 4) is 0 Å². The Hall–Kier alpha value is -5.20. The number of carbonyl (C=O) groups excluding carboxylic acids is 7. The first-order valence-electron chi connectivity index (χ1n) is 23.1. The maximum absolute atomic E-state index is 13.5. The van der Waals surface area contributed by atoms with E-state index in [0.717, 1.165) is 61.3 Å². The van der Waals surface area contributed by atoms with Gasteiger partial charge < -0.3 is 53.1 Å². The average molecular weight is 987 g/mol. The number of aldehydes is 1. The van der Waals surface area contributed by atoms with Gasteiger partial charge >= 0.3 is 5.97 Å². The molecule has 0 aliphatic carbocycles. The van der Waals surface area contributed by atoms with Crippen molar-refractivity contribution >= 4 is 63.6 Å². The molecule has 0 heterocycles. The Kier molecular flexibility index (Phi) is 27.3. The van der Waals surface area contributed by atoms with E-state index in [1.165, 1.54) is 6.92 Å². The molecule has 0 fully saturated rings. The van der Waals surface area contributed by atoms with Gasteiger partial charge in [-0.05, 0) is 68.2 Å². The van der Waals surface area contributed by atoms with Gasteiger partial charge in [0.2, 0.25) is 35.4 Å². The number of aliphatic hydroxyl groups excluding tert-OH is 1. The third-order valence-corrected chi connectivity index (χ3v) is 11.6. The van der Waals surface area contributed by atoms with E-state index in [1.807, 2.05) is 19.9 Å². The monoisotopic (exact) mass is 985 g/mol. The maximum atomic E-state index is 13.5. The third kappa shape index (κ3) is 23.8. The van der Waals surface area contributed by atoms with Crippen molar-refractivity contribution in [1.82, 2.24) is 26.6 Å². The molecular weight excluding hydrogens is 914 g/mol. The molecule has 7 atom stereocenters. The van der Waals surface area contributed by atoms with Crippen molar-refractivity contribution in [3.05, 3.63) is 70.2 Å². The highest BCUT2D eigenvalue weighted by molar-refractivity contribution is 9.10. The minimum absolute atomic E-state index is 0.0357. The third-order valence-electron chi connectivity index (χ3n) is 11.1. The molecule has 18 heteroatoms. The molecule has 0 bridgehead atoms. The highest BCUT2D eigenvalue weighted by Crippen LogP contribution is 2.17. The second kappa shape index (κ2) is 31.7. The number of halogens is 1. The number of rotatable bonds is 35. The lowest BCUT2D eigenvalue weighted by Crippen LogP contribution is -2.59. The van der Waals surface area contributed by atoms with Gasteiger partial charge in [0.15, 0.2) is 0 Å². The second-order valence-electron chi connectivity index (χ2n) is 17.4. The number of aliphatic carboxylic acids is 1. The van der Waals surface area contributed by atoms with Crippen molar-refractivity contribution in [2.75, 3.05) is 0 Å². The summed E-state index contributed by atoms with van der Waals surface area (Å²) in [5.74, 6) is -5.16. The number of aliphatic hydroxyl groups is 1. The molecule has 0 aliphatic rings. The summed E-state index contributed by atoms with van der Waals surface area (Å²) in [6.45, 7) is 5.09. The summed E-state index contributed by atoms with van der Waals surface area (Å²) in [6.07, 6.45) is 8.43. The highest BCUT2D eigenvalue weighted by Gasteiger charge is 2.32. The van der Waals surface area contributed by atoms with Gasteiger partial charge in [-0.25, -0.2) is 4.79 Å². The van der Waals surface area contributed by atoms with E-state index in [4.69, 9.17) is 11.5 Å². The van der Waals surface area contributed by atoms with Gasteiger partial charge in [-0.15, -0.1) is 0 Å². The second-order valence-corrected chi connectivity index (χ2v) is 18.3. The van der Waals surface area contributed by atoms with E-state index in [0.29, 0.717) is 37.7 Å². The summed E-state index contributed by atoms with van der Waals surface area (Å²) in [4.78, 5) is 101. The lowest BCUT2D eigenvalue weighted by atomic mass is 9.98. The van der Waals surface area contributed by atoms with Crippen LogP contribution in [-0.4, -0.2) is 100 Å². The number of carbonyl (C=O) groups is 8. The largest absolute Gasteiger partial charge is 0.480 e. The van der Waals surface area contributed by atoms with Crippen molar-refractivity contribution in [1.29, 1.82) is 0 Å². The number of hydrogen-bond donors (Lipinski definition) is 9. The molecular formula is C48H72BrN7O10. The van der Waals surface area contributed by atoms with Gasteiger partial charge in [0.05, 0.1) is 18.6 Å². The molecule has 0 aromatic heterocycles. The van der Waals surface area contributed by atoms with Gasteiger partial charge in [0.1, 0.15) is 30.5 Å². The van der Waals surface area contributed by atoms with Crippen molar-refractivity contribution < 1.29 is 48.6 Å². The van der Waals surface area contributed by atoms with Crippen LogP contribution in [0.3, 0.4) is 0 Å². The number of nitrogens with one attached hydrogen (secondary N) is 5. The summed E-state index contributed by atoms with van der Waals surface area (Å²) in [5.41, 5.74) is 12.6. The van der Waals surface area contributed by atoms with Crippen LogP contribution in [0.5, 0.6) is 0 Å². The maximum Gasteiger partial charge on any atom is 0.326 e. The van der Waals surface area contributed by atoms with Crippen LogP contribution >= 0.6 is 15.9 Å². The molecule has 17 nitrogen and oxygen atoms in total. The zero-order valence-electron chi connectivity index (χ0n) is 38.6. The molecule has 2 aromatic rings. The topological polar surface area (TPSA) is 289 Å². The molecule has 11 N–H and O–H groups in total. The van der Waals surface area contributed by atoms with Crippen molar-refractivity contribution in [3.63, 3.8) is 0 Å². The minimum atomic E-state index is -1.34. The van der Waals surface area contributed by atoms with Crippen LogP contribution < -0.4 is 38.1 Å². The number of unbranched alkanes of at least 4 members (excludes halogenated alkanes) is 8. The first-order valence-corrected chi connectivity index (χ1v) is 23.9. The normalized spacial score (nSPS) is 14.4. The van der Waals surface area contributed by atoms with Crippen LogP contribution in [-0.2, 0) is 51.2 Å². The average Bonchev–Trinajstić information content (AvgIpc) is 3.25. The number of benzene rings is 2. The van der Waals surface area contributed by atoms with Crippen molar-refractivity contribution in [2.45, 2.75) is 172 Å². The summed E-state index contributed by atoms with van der Waals surface area (Å²) in [5, 5.41) is 34.2. The summed E-state index contributed by atoms with van der Waals surface area (Å²) in [7, 11) is 0. The number of hydrogen-bond acceptors (Lipinski definition) is 10. The zero-order valence-corrected chi connectivity index (χ0v) is 40.2. The van der Waals surface area contributed by atoms with E-state index < -0.39 is 77.7 Å². The highest BCUT2D eigenvalue weighted by atomic mass is 79.9. The van der Waals surface area contributed by atoms with E-state index in [1.54, 1.807) is 48.5 Å². The number of carboxylic acid groups (broad SMARTS) is 1. The fraction of sp³-hybridized carbons (Fsp3) is 0.583. The first kappa shape index (κ1) is 56.9. The molecule has 2 rings (SSSR count). The van der Waals surface area contributed by atoms with Gasteiger partial charge in [-0.3, -0.25) is 28.8 Å². The Balaban J connectivity index is 1.96. The molecule has 1 unspecified atom stereocenters. The predicted molar refractivity (Wildman–Crippen MR) is 254 cm³/mol. The predicted octanol–water partition coefficient (Wildman–Crippen LogP) is 3.64. The Morgan fingerprint density at radius 2 is 1.18 bits per heavy atom. The number of primary amides is 2. The summed E-state index contributed by atoms with van der Waals surface area (Å²) < 4.78 is 0.825. The summed E-state index contributed by atoms with van der Waals surface area (Å²) in [6, 6.07) is 10.2. The Bertz CT molecular complexity index is 1830. The van der Waals surface area contributed by atoms with Crippen LogP contribution in [0.4, 0.5) is 0 Å². The first-order chi connectivity index (χ1) is 31.4. The summed E-state index contributed by atoms with van der Waals surface area (Å²) >= 11 is 3.36. The van der Waals surface area contributed by atoms with E-state index >= 15 is 0 Å². The molecule has 366 valence electrons. The fourth-order valence-corrected chi connectivity index (χ4v) is 7.76. The Labute approximate surface area is 397 Å². The standard InChI is InChI=1S/C48H72BrN7O10/c1-31(2)27-38(45(62)53-37(44(51)61)28-33-17-11-10-12-18-33)54-47(64)43(32(3)58)56-42(60)21-15-8-4-6-13-19-36(20-14-7-5-9-16-26-57)52-39(30-41(50)59)46(63)55-40(48(65)66)29-34-22-24-35(49)25-23-34/h10-12,17-18,22-26,31-32,36-40,43,52,58H,4-9,13-16,19-21,27-30H2,1-3H3,(H2,50,59)(H2,51,61)(H,53,62)(H,54,64)(H,55,63)(H,56,60)(H,65,66)/t32-,36?,37-,38-,39-,40-,43-/m0/s1. The van der Waals surface area contributed by atoms with Crippen molar-refractivity contribution in [2.24, 2.45) is 17.4 Å². The molecule has 0 spiro atoms. The lowest BCUT2D eigenvalue weighted by molar-refractivity contribution is -0.142. The molecule has 0 saturated heterocycles. The molecule has 0 radical (unpaired) electrons. The molecule has 0 aliphatic heterocycles. The fourth-order valence-electron chi connectivity index (χ4n) is 7.49. The number of nitrogens with two attached hydrogens (primary N) is 2. The Morgan fingerprint density at radius 1 is 0.652 bits per heavy atom. The molecule has 66 heavy (non-hydrogen) atoms. The van der Waals surface area contributed by atoms with Crippen LogP contribution in [0.15, 0.2) is 59.1 Å². The van der Waals surface area contributed by atoms with Crippen LogP contribution in [0.25, 0.3) is 0 Å². The smallest absolute Gasteiger partial charge is 0.326 e. The van der Waals surface area contributed by atoms with Gasteiger partial charge in [-0.2, -0.15) is 0 Å². The van der Waals surface area contributed by atoms with Crippen LogP contribution in [0.2, 0.25) is 0 Å². The van der Waals surface area contributed by atoms with E-state index in [9.17, 15) is 48.6 Å². The lowest BCUT2D eigenvalue weighted by Gasteiger charge is -2.27. The number of amides is 6. The molecule has 6 amide bonds. The quantitative estimate of drug-likeness (QED) is 0.0355. The van der Waals surface area contributed by atoms with Gasteiger partial charge in [0, 0.05) is 36.2 Å². The Morgan fingerprint density at radius 3 is 1.74 bits per heavy atom.